The Bertz CT molecular complexity index is 905. The number of ether oxygens (including phenoxy) is 1. The van der Waals surface area contributed by atoms with Gasteiger partial charge in [0.2, 0.25) is 5.75 Å². The highest BCUT2D eigenvalue weighted by Gasteiger charge is 2.25. The summed E-state index contributed by atoms with van der Waals surface area (Å²) in [6, 6.07) is 9.81. The molecule has 2 aromatic carbocycles. The minimum atomic E-state index is -0.897. The van der Waals surface area contributed by atoms with Crippen LogP contribution in [0.1, 0.15) is 5.56 Å². The molecule has 1 heterocycles. The van der Waals surface area contributed by atoms with Crippen molar-refractivity contribution in [2.75, 3.05) is 32.8 Å². The lowest BCUT2D eigenvalue weighted by molar-refractivity contribution is -0.386. The molecule has 0 aliphatic carbocycles. The van der Waals surface area contributed by atoms with E-state index in [1.807, 2.05) is 24.3 Å². The number of carbonyl (C=O) groups is 1. The maximum absolute atomic E-state index is 14.0. The average Bonchev–Trinajstić information content (AvgIpc) is 2.69. The molecule has 0 unspecified atom stereocenters. The zero-order valence-corrected chi connectivity index (χ0v) is 17.7. The number of piperazine rings is 1. The summed E-state index contributed by atoms with van der Waals surface area (Å²) >= 11 is 8.90. The first-order chi connectivity index (χ1) is 13.8. The summed E-state index contributed by atoms with van der Waals surface area (Å²) in [6.45, 7) is 2.66. The molecular weight excluding hydrogens is 469 g/mol. The molecule has 1 aliphatic rings. The third-order valence-electron chi connectivity index (χ3n) is 4.57. The van der Waals surface area contributed by atoms with Gasteiger partial charge in [-0.25, -0.2) is 4.39 Å². The van der Waals surface area contributed by atoms with E-state index >= 15 is 0 Å². The highest BCUT2D eigenvalue weighted by molar-refractivity contribution is 9.10. The maximum Gasteiger partial charge on any atom is 0.315 e. The summed E-state index contributed by atoms with van der Waals surface area (Å²) in [5.74, 6) is -1.77. The highest BCUT2D eigenvalue weighted by atomic mass is 79.9. The van der Waals surface area contributed by atoms with Gasteiger partial charge in [0, 0.05) is 48.3 Å². The Balaban J connectivity index is 1.53. The van der Waals surface area contributed by atoms with Crippen LogP contribution >= 0.6 is 27.5 Å². The predicted octanol–water partition coefficient (Wildman–Crippen LogP) is 3.87. The molecule has 0 atom stereocenters. The topological polar surface area (TPSA) is 75.9 Å². The summed E-state index contributed by atoms with van der Waals surface area (Å²) in [7, 11) is 0. The molecule has 154 valence electrons. The standard InChI is InChI=1S/C19H18BrClFN3O4/c20-14-9-16(22)19(17(10-14)25(27)28)29-12-18(26)24-7-5-23(6-8-24)11-13-1-3-15(21)4-2-13/h1-4,9-10H,5-8,11-12H2. The minimum absolute atomic E-state index is 0.220. The molecule has 0 aromatic heterocycles. The average molecular weight is 487 g/mol. The van der Waals surface area contributed by atoms with Crippen LogP contribution in [0.25, 0.3) is 0 Å². The van der Waals surface area contributed by atoms with Crippen LogP contribution < -0.4 is 4.74 Å². The van der Waals surface area contributed by atoms with Crippen molar-refractivity contribution in [3.63, 3.8) is 0 Å². The summed E-state index contributed by atoms with van der Waals surface area (Å²) in [5, 5.41) is 11.8. The number of benzene rings is 2. The molecule has 0 radical (unpaired) electrons. The van der Waals surface area contributed by atoms with Crippen molar-refractivity contribution in [1.29, 1.82) is 0 Å². The van der Waals surface area contributed by atoms with E-state index < -0.39 is 28.8 Å². The predicted molar refractivity (Wildman–Crippen MR) is 110 cm³/mol. The Hall–Kier alpha value is -2.23. The van der Waals surface area contributed by atoms with E-state index in [0.29, 0.717) is 31.2 Å². The summed E-state index contributed by atoms with van der Waals surface area (Å²) in [5.41, 5.74) is 0.605. The summed E-state index contributed by atoms with van der Waals surface area (Å²) in [6.07, 6.45) is 0. The molecule has 0 N–H and O–H groups in total. The van der Waals surface area contributed by atoms with Crippen molar-refractivity contribution < 1.29 is 18.8 Å². The van der Waals surface area contributed by atoms with Crippen LogP contribution in [0.5, 0.6) is 5.75 Å². The number of nitro benzene ring substituents is 1. The third kappa shape index (κ3) is 5.65. The van der Waals surface area contributed by atoms with Crippen LogP contribution in [-0.4, -0.2) is 53.4 Å². The van der Waals surface area contributed by atoms with Gasteiger partial charge in [-0.2, -0.15) is 0 Å². The Morgan fingerprint density at radius 1 is 1.21 bits per heavy atom. The molecule has 7 nitrogen and oxygen atoms in total. The fraction of sp³-hybridized carbons (Fsp3) is 0.316. The van der Waals surface area contributed by atoms with Crippen LogP contribution in [-0.2, 0) is 11.3 Å². The van der Waals surface area contributed by atoms with Gasteiger partial charge < -0.3 is 9.64 Å². The van der Waals surface area contributed by atoms with Crippen molar-refractivity contribution in [3.05, 3.63) is 67.4 Å². The zero-order valence-electron chi connectivity index (χ0n) is 15.3. The van der Waals surface area contributed by atoms with E-state index in [1.165, 1.54) is 0 Å². The normalized spacial score (nSPS) is 14.7. The number of amides is 1. The highest BCUT2D eigenvalue weighted by Crippen LogP contribution is 2.33. The molecule has 29 heavy (non-hydrogen) atoms. The maximum atomic E-state index is 14.0. The van der Waals surface area contributed by atoms with Gasteiger partial charge >= 0.3 is 5.69 Å². The summed E-state index contributed by atoms with van der Waals surface area (Å²) < 4.78 is 19.4. The second-order valence-corrected chi connectivity index (χ2v) is 7.92. The van der Waals surface area contributed by atoms with Crippen LogP contribution in [0.15, 0.2) is 40.9 Å². The molecule has 1 amide bonds. The minimum Gasteiger partial charge on any atom is -0.475 e. The molecule has 3 rings (SSSR count). The SMILES string of the molecule is O=C(COc1c(F)cc(Br)cc1[N+](=O)[O-])N1CCN(Cc2ccc(Cl)cc2)CC1. The number of nitro groups is 1. The number of carbonyl (C=O) groups excluding carboxylic acids is 1. The lowest BCUT2D eigenvalue weighted by atomic mass is 10.2. The second kappa shape index (κ2) is 9.51. The molecule has 10 heteroatoms. The Kier molecular flexibility index (Phi) is 7.05. The molecule has 0 saturated carbocycles. The third-order valence-corrected chi connectivity index (χ3v) is 5.28. The van der Waals surface area contributed by atoms with Crippen molar-refractivity contribution in [2.45, 2.75) is 6.54 Å². The van der Waals surface area contributed by atoms with Crippen LogP contribution in [0.2, 0.25) is 5.02 Å². The van der Waals surface area contributed by atoms with E-state index in [2.05, 4.69) is 20.8 Å². The largest absolute Gasteiger partial charge is 0.475 e. The van der Waals surface area contributed by atoms with E-state index in [9.17, 15) is 19.3 Å². The summed E-state index contributed by atoms with van der Waals surface area (Å²) in [4.78, 5) is 26.6. The molecule has 1 fully saturated rings. The van der Waals surface area contributed by atoms with Gasteiger partial charge in [0.25, 0.3) is 5.91 Å². The number of rotatable bonds is 6. The van der Waals surface area contributed by atoms with Gasteiger partial charge in [0.1, 0.15) is 0 Å². The van der Waals surface area contributed by atoms with E-state index in [-0.39, 0.29) is 10.4 Å². The molecule has 0 spiro atoms. The van der Waals surface area contributed by atoms with Crippen LogP contribution in [0.4, 0.5) is 10.1 Å². The van der Waals surface area contributed by atoms with Crippen molar-refractivity contribution in [3.8, 4) is 5.75 Å². The fourth-order valence-corrected chi connectivity index (χ4v) is 3.60. The smallest absolute Gasteiger partial charge is 0.315 e. The Morgan fingerprint density at radius 2 is 1.86 bits per heavy atom. The van der Waals surface area contributed by atoms with Gasteiger partial charge in [0.15, 0.2) is 12.4 Å². The van der Waals surface area contributed by atoms with Gasteiger partial charge in [-0.05, 0) is 23.8 Å². The molecule has 1 aliphatic heterocycles. The molecule has 0 bridgehead atoms. The van der Waals surface area contributed by atoms with Gasteiger partial charge in [0.05, 0.1) is 4.92 Å². The van der Waals surface area contributed by atoms with Crippen LogP contribution in [0, 0.1) is 15.9 Å². The van der Waals surface area contributed by atoms with Gasteiger partial charge in [-0.1, -0.05) is 39.7 Å². The van der Waals surface area contributed by atoms with Crippen molar-refractivity contribution in [1.82, 2.24) is 9.80 Å². The number of hydrogen-bond donors (Lipinski definition) is 0. The van der Waals surface area contributed by atoms with E-state index in [0.717, 1.165) is 24.2 Å². The van der Waals surface area contributed by atoms with Gasteiger partial charge in [-0.15, -0.1) is 0 Å². The van der Waals surface area contributed by atoms with E-state index in [1.54, 1.807) is 4.90 Å². The molecular formula is C19H18BrClFN3O4. The number of hydrogen-bond acceptors (Lipinski definition) is 5. The van der Waals surface area contributed by atoms with Crippen LogP contribution in [0.3, 0.4) is 0 Å². The first kappa shape index (κ1) is 21.5. The quantitative estimate of drug-likeness (QED) is 0.458. The monoisotopic (exact) mass is 485 g/mol. The first-order valence-electron chi connectivity index (χ1n) is 8.84. The molecule has 2 aromatic rings. The zero-order chi connectivity index (χ0) is 21.0. The van der Waals surface area contributed by atoms with Crippen molar-refractivity contribution >= 4 is 39.1 Å². The molecule has 1 saturated heterocycles. The number of halogens is 3. The second-order valence-electron chi connectivity index (χ2n) is 6.57. The van der Waals surface area contributed by atoms with Gasteiger partial charge in [-0.3, -0.25) is 19.8 Å². The van der Waals surface area contributed by atoms with Crippen molar-refractivity contribution in [2.24, 2.45) is 0 Å². The van der Waals surface area contributed by atoms with E-state index in [4.69, 9.17) is 16.3 Å². The lowest BCUT2D eigenvalue weighted by Crippen LogP contribution is -2.49. The number of nitrogens with zero attached hydrogens (tertiary/aromatic N) is 3. The first-order valence-corrected chi connectivity index (χ1v) is 10.0. The lowest BCUT2D eigenvalue weighted by Gasteiger charge is -2.34. The Labute approximate surface area is 180 Å². The Morgan fingerprint density at radius 3 is 2.48 bits per heavy atom. The fourth-order valence-electron chi connectivity index (χ4n) is 3.05.